The quantitative estimate of drug-likeness (QED) is 0.539. The Balaban J connectivity index is 1.93. The van der Waals surface area contributed by atoms with E-state index in [1.54, 1.807) is 0 Å². The van der Waals surface area contributed by atoms with Crippen molar-refractivity contribution in [3.05, 3.63) is 0 Å². The number of ether oxygens (including phenoxy) is 2. The highest BCUT2D eigenvalue weighted by Gasteiger charge is 2.50. The molecule has 0 aliphatic carbocycles. The lowest BCUT2D eigenvalue weighted by atomic mass is 9.93. The topological polar surface area (TPSA) is 21.7 Å². The van der Waals surface area contributed by atoms with Gasteiger partial charge in [0.1, 0.15) is 12.0 Å². The molecular formula is C9H15NO2. The van der Waals surface area contributed by atoms with E-state index in [4.69, 9.17) is 9.47 Å². The van der Waals surface area contributed by atoms with Gasteiger partial charge in [-0.05, 0) is 19.3 Å². The SMILES string of the molecule is C1CC2OCCC3(C1)OCCN23. The van der Waals surface area contributed by atoms with Crippen LogP contribution >= 0.6 is 0 Å². The molecule has 2 bridgehead atoms. The van der Waals surface area contributed by atoms with E-state index < -0.39 is 0 Å². The molecule has 2 atom stereocenters. The van der Waals surface area contributed by atoms with Crippen LogP contribution in [0.25, 0.3) is 0 Å². The Kier molecular flexibility index (Phi) is 1.48. The van der Waals surface area contributed by atoms with E-state index >= 15 is 0 Å². The Hall–Kier alpha value is -0.120. The van der Waals surface area contributed by atoms with Crippen molar-refractivity contribution >= 4 is 0 Å². The first-order valence-electron chi connectivity index (χ1n) is 4.93. The standard InChI is InChI=1S/C9H15NO2/c1-2-8-10-5-7-12-9(10,3-1)4-6-11-8/h8H,1-7H2. The molecule has 0 aromatic rings. The van der Waals surface area contributed by atoms with Crippen molar-refractivity contribution in [3.8, 4) is 0 Å². The Bertz CT molecular complexity index is 185. The van der Waals surface area contributed by atoms with E-state index in [2.05, 4.69) is 4.90 Å². The van der Waals surface area contributed by atoms with E-state index in [1.807, 2.05) is 0 Å². The molecule has 68 valence electrons. The lowest BCUT2D eigenvalue weighted by Crippen LogP contribution is -2.58. The van der Waals surface area contributed by atoms with Crippen LogP contribution in [0.2, 0.25) is 0 Å². The maximum absolute atomic E-state index is 5.86. The minimum atomic E-state index is 0.0984. The van der Waals surface area contributed by atoms with Gasteiger partial charge in [0.25, 0.3) is 0 Å². The first kappa shape index (κ1) is 7.30. The van der Waals surface area contributed by atoms with E-state index in [1.165, 1.54) is 19.3 Å². The number of piperidine rings is 1. The highest BCUT2D eigenvalue weighted by Crippen LogP contribution is 2.42. The minimum absolute atomic E-state index is 0.0984. The molecule has 0 amide bonds. The summed E-state index contributed by atoms with van der Waals surface area (Å²) in [6.07, 6.45) is 5.12. The van der Waals surface area contributed by atoms with Gasteiger partial charge in [-0.25, -0.2) is 4.90 Å². The molecular weight excluding hydrogens is 154 g/mol. The zero-order valence-corrected chi connectivity index (χ0v) is 7.29. The normalized spacial score (nSPS) is 47.5. The second-order valence-electron chi connectivity index (χ2n) is 3.96. The zero-order chi connectivity index (χ0) is 8.02. The average molecular weight is 169 g/mol. The van der Waals surface area contributed by atoms with Crippen molar-refractivity contribution in [1.82, 2.24) is 4.90 Å². The van der Waals surface area contributed by atoms with Crippen LogP contribution < -0.4 is 0 Å². The molecule has 3 fully saturated rings. The summed E-state index contributed by atoms with van der Waals surface area (Å²) in [6.45, 7) is 2.87. The predicted octanol–water partition coefficient (Wildman–Crippen LogP) is 0.945. The molecule has 2 unspecified atom stereocenters. The molecule has 0 spiro atoms. The third-order valence-electron chi connectivity index (χ3n) is 3.40. The van der Waals surface area contributed by atoms with Crippen LogP contribution in [0, 0.1) is 0 Å². The zero-order valence-electron chi connectivity index (χ0n) is 7.29. The molecule has 3 heterocycles. The number of rotatable bonds is 0. The molecule has 3 heteroatoms. The third-order valence-corrected chi connectivity index (χ3v) is 3.40. The maximum Gasteiger partial charge on any atom is 0.126 e. The van der Waals surface area contributed by atoms with Crippen molar-refractivity contribution < 1.29 is 9.47 Å². The van der Waals surface area contributed by atoms with E-state index in [-0.39, 0.29) is 5.72 Å². The third kappa shape index (κ3) is 0.817. The Morgan fingerprint density at radius 3 is 3.17 bits per heavy atom. The monoisotopic (exact) mass is 169 g/mol. The summed E-state index contributed by atoms with van der Waals surface area (Å²) in [4.78, 5) is 2.43. The van der Waals surface area contributed by atoms with Gasteiger partial charge in [0, 0.05) is 13.0 Å². The van der Waals surface area contributed by atoms with Gasteiger partial charge in [-0.3, -0.25) is 0 Å². The fourth-order valence-corrected chi connectivity index (χ4v) is 2.82. The number of hydrogen-bond donors (Lipinski definition) is 0. The highest BCUT2D eigenvalue weighted by molar-refractivity contribution is 4.94. The average Bonchev–Trinajstić information content (AvgIpc) is 2.47. The fourth-order valence-electron chi connectivity index (χ4n) is 2.82. The molecule has 0 aromatic carbocycles. The van der Waals surface area contributed by atoms with Crippen molar-refractivity contribution in [2.45, 2.75) is 37.6 Å². The van der Waals surface area contributed by atoms with E-state index in [0.717, 1.165) is 26.2 Å². The Morgan fingerprint density at radius 1 is 1.25 bits per heavy atom. The van der Waals surface area contributed by atoms with Crippen LogP contribution in [0.15, 0.2) is 0 Å². The van der Waals surface area contributed by atoms with Crippen LogP contribution in [-0.2, 0) is 9.47 Å². The summed E-state index contributed by atoms with van der Waals surface area (Å²) in [5, 5.41) is 0. The highest BCUT2D eigenvalue weighted by atomic mass is 16.6. The minimum Gasteiger partial charge on any atom is -0.363 e. The molecule has 0 aromatic heterocycles. The van der Waals surface area contributed by atoms with Gasteiger partial charge >= 0.3 is 0 Å². The first-order chi connectivity index (χ1) is 5.91. The van der Waals surface area contributed by atoms with Gasteiger partial charge in [0.05, 0.1) is 13.2 Å². The van der Waals surface area contributed by atoms with E-state index in [9.17, 15) is 0 Å². The van der Waals surface area contributed by atoms with Crippen LogP contribution in [-0.4, -0.2) is 36.6 Å². The van der Waals surface area contributed by atoms with Gasteiger partial charge in [0.2, 0.25) is 0 Å². The molecule has 3 nitrogen and oxygen atoms in total. The van der Waals surface area contributed by atoms with Crippen molar-refractivity contribution in [2.24, 2.45) is 0 Å². The molecule has 3 aliphatic heterocycles. The van der Waals surface area contributed by atoms with Gasteiger partial charge in [-0.1, -0.05) is 0 Å². The van der Waals surface area contributed by atoms with Crippen molar-refractivity contribution in [1.29, 1.82) is 0 Å². The molecule has 12 heavy (non-hydrogen) atoms. The smallest absolute Gasteiger partial charge is 0.126 e. The molecule has 3 rings (SSSR count). The van der Waals surface area contributed by atoms with Gasteiger partial charge in [-0.2, -0.15) is 0 Å². The summed E-state index contributed by atoms with van der Waals surface area (Å²) in [5.74, 6) is 0. The largest absolute Gasteiger partial charge is 0.363 e. The van der Waals surface area contributed by atoms with Gasteiger partial charge < -0.3 is 9.47 Å². The van der Waals surface area contributed by atoms with Crippen molar-refractivity contribution in [2.75, 3.05) is 19.8 Å². The molecule has 0 N–H and O–H groups in total. The molecule has 3 saturated heterocycles. The summed E-state index contributed by atoms with van der Waals surface area (Å²) < 4.78 is 11.6. The molecule has 3 aliphatic rings. The maximum atomic E-state index is 5.86. The van der Waals surface area contributed by atoms with E-state index in [0.29, 0.717) is 6.23 Å². The van der Waals surface area contributed by atoms with Crippen molar-refractivity contribution in [3.63, 3.8) is 0 Å². The fraction of sp³-hybridized carbons (Fsp3) is 1.00. The van der Waals surface area contributed by atoms with Crippen LogP contribution in [0.4, 0.5) is 0 Å². The van der Waals surface area contributed by atoms with Gasteiger partial charge in [-0.15, -0.1) is 0 Å². The lowest BCUT2D eigenvalue weighted by Gasteiger charge is -2.49. The number of hydrogen-bond acceptors (Lipinski definition) is 3. The predicted molar refractivity (Wildman–Crippen MR) is 43.6 cm³/mol. The first-order valence-corrected chi connectivity index (χ1v) is 4.93. The summed E-state index contributed by atoms with van der Waals surface area (Å²) in [5.41, 5.74) is 0.0984. The summed E-state index contributed by atoms with van der Waals surface area (Å²) >= 11 is 0. The summed E-state index contributed by atoms with van der Waals surface area (Å²) in [6, 6.07) is 0. The van der Waals surface area contributed by atoms with Crippen LogP contribution in [0.5, 0.6) is 0 Å². The molecule has 0 radical (unpaired) electrons. The summed E-state index contributed by atoms with van der Waals surface area (Å²) in [7, 11) is 0. The Labute approximate surface area is 72.6 Å². The van der Waals surface area contributed by atoms with Gasteiger partial charge in [0.15, 0.2) is 0 Å². The van der Waals surface area contributed by atoms with Crippen LogP contribution in [0.3, 0.4) is 0 Å². The number of nitrogens with zero attached hydrogens (tertiary/aromatic N) is 1. The second-order valence-corrected chi connectivity index (χ2v) is 3.96. The molecule has 0 saturated carbocycles. The van der Waals surface area contributed by atoms with Crippen LogP contribution in [0.1, 0.15) is 25.7 Å². The second kappa shape index (κ2) is 2.44. The Morgan fingerprint density at radius 2 is 2.25 bits per heavy atom. The lowest BCUT2D eigenvalue weighted by molar-refractivity contribution is -0.237.